The molecule has 2 aromatic heterocycles. The molecule has 0 aliphatic heterocycles. The van der Waals surface area contributed by atoms with Crippen molar-refractivity contribution in [3.8, 4) is 11.4 Å². The van der Waals surface area contributed by atoms with E-state index in [-0.39, 0.29) is 0 Å². The highest BCUT2D eigenvalue weighted by atomic mass is 16.4. The largest absolute Gasteiger partial charge is 0.488 e. The Morgan fingerprint density at radius 3 is 2.41 bits per heavy atom. The predicted octanol–water partition coefficient (Wildman–Crippen LogP) is 3.97. The number of benzene rings is 3. The lowest BCUT2D eigenvalue weighted by Crippen LogP contribution is -2.29. The second-order valence-electron chi connectivity index (χ2n) is 8.98. The number of imidazole rings is 2. The zero-order chi connectivity index (χ0) is 23.8. The van der Waals surface area contributed by atoms with E-state index in [4.69, 9.17) is 9.97 Å². The van der Waals surface area contributed by atoms with E-state index < -0.39 is 7.12 Å². The van der Waals surface area contributed by atoms with E-state index in [1.165, 1.54) is 0 Å². The Morgan fingerprint density at radius 1 is 0.941 bits per heavy atom. The maximum Gasteiger partial charge on any atom is 0.488 e. The molecule has 0 aliphatic rings. The van der Waals surface area contributed by atoms with Crippen molar-refractivity contribution < 1.29 is 10.0 Å². The van der Waals surface area contributed by atoms with Gasteiger partial charge in [0.1, 0.15) is 11.6 Å². The van der Waals surface area contributed by atoms with Crippen LogP contribution in [0.15, 0.2) is 60.7 Å². The molecule has 0 saturated heterocycles. The van der Waals surface area contributed by atoms with E-state index in [2.05, 4.69) is 48.2 Å². The molecule has 0 unspecified atom stereocenters. The average Bonchev–Trinajstić information content (AvgIpc) is 3.36. The lowest BCUT2D eigenvalue weighted by atomic mass is 9.80. The number of rotatable bonds is 7. The van der Waals surface area contributed by atoms with Crippen molar-refractivity contribution in [3.63, 3.8) is 0 Å². The second-order valence-corrected chi connectivity index (χ2v) is 8.98. The van der Waals surface area contributed by atoms with E-state index in [1.54, 1.807) is 12.1 Å². The van der Waals surface area contributed by atoms with E-state index in [0.29, 0.717) is 12.0 Å². The van der Waals surface area contributed by atoms with Gasteiger partial charge < -0.3 is 19.2 Å². The summed E-state index contributed by atoms with van der Waals surface area (Å²) in [6.45, 7) is 4.98. The Labute approximate surface area is 199 Å². The van der Waals surface area contributed by atoms with Crippen molar-refractivity contribution in [1.82, 2.24) is 19.1 Å². The summed E-state index contributed by atoms with van der Waals surface area (Å²) >= 11 is 0. The lowest BCUT2D eigenvalue weighted by Gasteiger charge is -2.11. The van der Waals surface area contributed by atoms with Crippen molar-refractivity contribution in [2.45, 2.75) is 39.7 Å². The minimum absolute atomic E-state index is 0.491. The highest BCUT2D eigenvalue weighted by molar-refractivity contribution is 6.58. The summed E-state index contributed by atoms with van der Waals surface area (Å²) in [4.78, 5) is 9.96. The number of fused-ring (bicyclic) bond motifs is 2. The zero-order valence-electron chi connectivity index (χ0n) is 19.9. The van der Waals surface area contributed by atoms with Crippen LogP contribution in [0.4, 0.5) is 0 Å². The average molecular weight is 452 g/mol. The standard InChI is InChI=1S/C27H29BN4O2/c1-4-5-10-25-30-26-18(2)15-20(27-29-22-8-6-7-9-23(22)31(27)3)16-24(26)32(25)17-19-11-13-21(14-12-19)28(33)34/h6-9,11-16,33-34H,4-5,10,17H2,1-3H3. The van der Waals surface area contributed by atoms with Gasteiger partial charge in [-0.25, -0.2) is 9.97 Å². The molecule has 0 amide bonds. The Kier molecular flexibility index (Phi) is 5.98. The number of aryl methyl sites for hydroxylation is 3. The quantitative estimate of drug-likeness (QED) is 0.367. The van der Waals surface area contributed by atoms with Gasteiger partial charge in [-0.15, -0.1) is 0 Å². The van der Waals surface area contributed by atoms with Crippen LogP contribution in [0, 0.1) is 6.92 Å². The predicted molar refractivity (Wildman–Crippen MR) is 138 cm³/mol. The van der Waals surface area contributed by atoms with Gasteiger partial charge in [0.2, 0.25) is 0 Å². The number of hydrogen-bond acceptors (Lipinski definition) is 4. The van der Waals surface area contributed by atoms with Crippen molar-refractivity contribution in [2.75, 3.05) is 0 Å². The number of nitrogens with zero attached hydrogens (tertiary/aromatic N) is 4. The lowest BCUT2D eigenvalue weighted by molar-refractivity contribution is 0.426. The van der Waals surface area contributed by atoms with E-state index in [0.717, 1.165) is 69.7 Å². The van der Waals surface area contributed by atoms with E-state index in [9.17, 15) is 10.0 Å². The molecule has 0 aliphatic carbocycles. The molecule has 172 valence electrons. The highest BCUT2D eigenvalue weighted by Gasteiger charge is 2.17. The number of unbranched alkanes of at least 4 members (excludes halogenated alkanes) is 1. The first-order valence-electron chi connectivity index (χ1n) is 11.8. The van der Waals surface area contributed by atoms with Crippen LogP contribution in [-0.2, 0) is 20.0 Å². The van der Waals surface area contributed by atoms with Gasteiger partial charge in [-0.05, 0) is 54.2 Å². The van der Waals surface area contributed by atoms with Crippen molar-refractivity contribution in [2.24, 2.45) is 7.05 Å². The number of hydrogen-bond donors (Lipinski definition) is 2. The molecule has 0 saturated carbocycles. The molecule has 0 spiro atoms. The molecule has 5 rings (SSSR count). The van der Waals surface area contributed by atoms with Gasteiger partial charge in [0.25, 0.3) is 0 Å². The van der Waals surface area contributed by atoms with Crippen molar-refractivity contribution in [3.05, 3.63) is 77.6 Å². The summed E-state index contributed by atoms with van der Waals surface area (Å²) in [5.41, 5.74) is 8.01. The summed E-state index contributed by atoms with van der Waals surface area (Å²) in [5.74, 6) is 2.02. The molecule has 6 nitrogen and oxygen atoms in total. The normalized spacial score (nSPS) is 11.6. The Hall–Kier alpha value is -3.42. The van der Waals surface area contributed by atoms with Gasteiger partial charge in [0.15, 0.2) is 0 Å². The van der Waals surface area contributed by atoms with Crippen LogP contribution in [0.3, 0.4) is 0 Å². The summed E-state index contributed by atoms with van der Waals surface area (Å²) in [6, 6.07) is 20.0. The third kappa shape index (κ3) is 4.02. The molecule has 3 aromatic carbocycles. The van der Waals surface area contributed by atoms with E-state index >= 15 is 0 Å². The first-order valence-corrected chi connectivity index (χ1v) is 11.8. The van der Waals surface area contributed by atoms with Gasteiger partial charge in [-0.1, -0.05) is 49.7 Å². The fourth-order valence-corrected chi connectivity index (χ4v) is 4.65. The number of para-hydroxylation sites is 2. The minimum atomic E-state index is -1.46. The Balaban J connectivity index is 1.64. The summed E-state index contributed by atoms with van der Waals surface area (Å²) < 4.78 is 4.45. The Morgan fingerprint density at radius 2 is 1.71 bits per heavy atom. The van der Waals surface area contributed by atoms with Gasteiger partial charge in [0, 0.05) is 25.6 Å². The van der Waals surface area contributed by atoms with Crippen LogP contribution < -0.4 is 5.46 Å². The molecule has 0 fully saturated rings. The van der Waals surface area contributed by atoms with Gasteiger partial charge in [0.05, 0.1) is 22.1 Å². The van der Waals surface area contributed by atoms with Crippen LogP contribution in [0.1, 0.15) is 36.7 Å². The third-order valence-corrected chi connectivity index (χ3v) is 6.54. The van der Waals surface area contributed by atoms with Gasteiger partial charge in [-0.2, -0.15) is 0 Å². The van der Waals surface area contributed by atoms with E-state index in [1.807, 2.05) is 30.3 Å². The third-order valence-electron chi connectivity index (χ3n) is 6.54. The Bertz CT molecular complexity index is 1470. The fourth-order valence-electron chi connectivity index (χ4n) is 4.65. The molecular formula is C27H29BN4O2. The molecule has 0 bridgehead atoms. The maximum atomic E-state index is 9.43. The molecule has 5 aromatic rings. The smallest absolute Gasteiger partial charge is 0.423 e. The first-order chi connectivity index (χ1) is 16.5. The van der Waals surface area contributed by atoms with Crippen LogP contribution in [-0.4, -0.2) is 36.3 Å². The topological polar surface area (TPSA) is 76.1 Å². The molecular weight excluding hydrogens is 423 g/mol. The van der Waals surface area contributed by atoms with Gasteiger partial charge in [-0.3, -0.25) is 0 Å². The fraction of sp³-hybridized carbons (Fsp3) is 0.259. The number of aromatic nitrogens is 4. The molecule has 2 heterocycles. The summed E-state index contributed by atoms with van der Waals surface area (Å²) in [5, 5.41) is 18.9. The molecule has 34 heavy (non-hydrogen) atoms. The van der Waals surface area contributed by atoms with Crippen molar-refractivity contribution in [1.29, 1.82) is 0 Å². The first kappa shape index (κ1) is 22.4. The zero-order valence-corrected chi connectivity index (χ0v) is 19.9. The summed E-state index contributed by atoms with van der Waals surface area (Å²) in [7, 11) is 0.604. The van der Waals surface area contributed by atoms with Crippen LogP contribution >= 0.6 is 0 Å². The van der Waals surface area contributed by atoms with Gasteiger partial charge >= 0.3 is 7.12 Å². The molecule has 7 heteroatoms. The van der Waals surface area contributed by atoms with Crippen LogP contribution in [0.25, 0.3) is 33.5 Å². The van der Waals surface area contributed by atoms with Crippen LogP contribution in [0.5, 0.6) is 0 Å². The van der Waals surface area contributed by atoms with Crippen LogP contribution in [0.2, 0.25) is 0 Å². The maximum absolute atomic E-state index is 9.43. The second kappa shape index (κ2) is 9.08. The highest BCUT2D eigenvalue weighted by Crippen LogP contribution is 2.30. The molecule has 2 N–H and O–H groups in total. The minimum Gasteiger partial charge on any atom is -0.423 e. The molecule has 0 atom stereocenters. The monoisotopic (exact) mass is 452 g/mol. The SMILES string of the molecule is CCCCc1nc2c(C)cc(-c3nc4ccccc4n3C)cc2n1Cc1ccc(B(O)O)cc1. The summed E-state index contributed by atoms with van der Waals surface area (Å²) in [6.07, 6.45) is 3.10. The molecule has 0 radical (unpaired) electrons. The van der Waals surface area contributed by atoms with Crippen molar-refractivity contribution >= 4 is 34.6 Å².